The van der Waals surface area contributed by atoms with Crippen LogP contribution in [0.4, 0.5) is 11.4 Å². The van der Waals surface area contributed by atoms with Crippen LogP contribution in [-0.2, 0) is 21.1 Å². The van der Waals surface area contributed by atoms with Crippen molar-refractivity contribution in [3.63, 3.8) is 0 Å². The van der Waals surface area contributed by atoms with E-state index >= 15 is 0 Å². The van der Waals surface area contributed by atoms with Crippen LogP contribution in [0.3, 0.4) is 0 Å². The number of benzene rings is 3. The maximum Gasteiger partial charge on any atom is 2.00 e. The van der Waals surface area contributed by atoms with Crippen molar-refractivity contribution in [2.75, 3.05) is 66.7 Å². The molecule has 11 heteroatoms. The van der Waals surface area contributed by atoms with Gasteiger partial charge in [0, 0.05) is 37.7 Å². The Bertz CT molecular complexity index is 1380. The molecule has 2 fully saturated rings. The van der Waals surface area contributed by atoms with Gasteiger partial charge in [0.1, 0.15) is 24.7 Å². The van der Waals surface area contributed by atoms with E-state index in [0.717, 1.165) is 39.3 Å². The summed E-state index contributed by atoms with van der Waals surface area (Å²) in [7, 11) is 3.07. The maximum absolute atomic E-state index is 12.9. The topological polar surface area (TPSA) is 114 Å². The molecule has 0 spiro atoms. The summed E-state index contributed by atoms with van der Waals surface area (Å²) in [6.45, 7) is 7.20. The SMILES string of the molecule is COc1cc(N=Cc2ccc(OCCN3CCCCC3)cc2[O-])c(N=Cc2ccc(OCCN3CCCCC3)cc2[O-])cc1OC.[Pt+2]. The Kier molecular flexibility index (Phi) is 14.4. The average molecular weight is 824 g/mol. The van der Waals surface area contributed by atoms with E-state index in [4.69, 9.17) is 18.9 Å². The van der Waals surface area contributed by atoms with Crippen molar-refractivity contribution in [2.24, 2.45) is 9.98 Å². The maximum atomic E-state index is 12.9. The number of methoxy groups -OCH3 is 2. The molecule has 47 heavy (non-hydrogen) atoms. The number of aliphatic imine (C=N–C) groups is 2. The molecule has 2 saturated heterocycles. The number of rotatable bonds is 14. The summed E-state index contributed by atoms with van der Waals surface area (Å²) in [4.78, 5) is 13.9. The van der Waals surface area contributed by atoms with Gasteiger partial charge in [0.15, 0.2) is 11.5 Å². The normalized spacial score (nSPS) is 15.9. The van der Waals surface area contributed by atoms with Crippen molar-refractivity contribution >= 4 is 23.8 Å². The van der Waals surface area contributed by atoms with E-state index in [1.807, 2.05) is 0 Å². The third kappa shape index (κ3) is 10.7. The summed E-state index contributed by atoms with van der Waals surface area (Å²) in [5.41, 5.74) is 1.71. The van der Waals surface area contributed by atoms with Gasteiger partial charge in [0.05, 0.1) is 25.6 Å². The van der Waals surface area contributed by atoms with E-state index in [1.165, 1.54) is 77.3 Å². The molecule has 0 aromatic heterocycles. The van der Waals surface area contributed by atoms with Gasteiger partial charge < -0.3 is 29.2 Å². The molecule has 0 N–H and O–H groups in total. The van der Waals surface area contributed by atoms with Crippen molar-refractivity contribution in [3.05, 3.63) is 59.7 Å². The Morgan fingerprint density at radius 3 is 1.38 bits per heavy atom. The molecule has 0 bridgehead atoms. The van der Waals surface area contributed by atoms with E-state index in [1.54, 1.807) is 36.4 Å². The van der Waals surface area contributed by atoms with Crippen molar-refractivity contribution in [3.8, 4) is 34.5 Å². The molecule has 0 amide bonds. The van der Waals surface area contributed by atoms with Crippen molar-refractivity contribution in [2.45, 2.75) is 38.5 Å². The van der Waals surface area contributed by atoms with E-state index in [0.29, 0.717) is 58.7 Å². The molecule has 0 saturated carbocycles. The standard InChI is InChI=1S/C36H46N4O6.Pt/c1-43-35-23-31(37-25-27-9-11-29(21-33(27)41)45-19-17-39-13-5-3-6-14-39)32(24-36(35)44-2)38-26-28-10-12-30(22-34(28)42)46-20-18-40-15-7-4-8-16-40;/h9-12,21-26,41-42H,3-8,13-20H2,1-2H3;/q;+2/p-2. The first-order valence-electron chi connectivity index (χ1n) is 16.2. The zero-order chi connectivity index (χ0) is 32.1. The average Bonchev–Trinajstić information content (AvgIpc) is 3.08. The molecule has 0 radical (unpaired) electrons. The fraction of sp³-hybridized carbons (Fsp3) is 0.444. The summed E-state index contributed by atoms with van der Waals surface area (Å²) in [5.74, 6) is 1.62. The predicted octanol–water partition coefficient (Wildman–Crippen LogP) is 5.08. The van der Waals surface area contributed by atoms with Crippen LogP contribution in [0.15, 0.2) is 58.5 Å². The Morgan fingerprint density at radius 2 is 1.02 bits per heavy atom. The number of nitrogens with zero attached hydrogens (tertiary/aromatic N) is 4. The monoisotopic (exact) mass is 823 g/mol. The molecule has 5 rings (SSSR count). The third-order valence-electron chi connectivity index (χ3n) is 8.39. The molecular weight excluding hydrogens is 779 g/mol. The van der Waals surface area contributed by atoms with E-state index < -0.39 is 0 Å². The summed E-state index contributed by atoms with van der Waals surface area (Å²) in [5, 5.41) is 25.7. The van der Waals surface area contributed by atoms with E-state index in [9.17, 15) is 10.2 Å². The summed E-state index contributed by atoms with van der Waals surface area (Å²) in [6.07, 6.45) is 10.5. The molecule has 0 aliphatic carbocycles. The van der Waals surface area contributed by atoms with Gasteiger partial charge in [-0.25, -0.2) is 0 Å². The molecule has 0 atom stereocenters. The largest absolute Gasteiger partial charge is 2.00 e. The summed E-state index contributed by atoms with van der Waals surface area (Å²) in [6, 6.07) is 13.3. The summed E-state index contributed by atoms with van der Waals surface area (Å²) >= 11 is 0. The first-order valence-corrected chi connectivity index (χ1v) is 16.2. The summed E-state index contributed by atoms with van der Waals surface area (Å²) < 4.78 is 22.6. The van der Waals surface area contributed by atoms with Gasteiger partial charge in [0.25, 0.3) is 0 Å². The molecule has 3 aromatic carbocycles. The number of ether oxygens (including phenoxy) is 4. The minimum Gasteiger partial charge on any atom is -0.872 e. The Labute approximate surface area is 292 Å². The number of hydrogen-bond acceptors (Lipinski definition) is 10. The molecule has 0 unspecified atom stereocenters. The third-order valence-corrected chi connectivity index (χ3v) is 8.39. The molecule has 254 valence electrons. The Hall–Kier alpha value is -3.59. The van der Waals surface area contributed by atoms with Gasteiger partial charge in [-0.15, -0.1) is 0 Å². The zero-order valence-electron chi connectivity index (χ0n) is 27.2. The second-order valence-electron chi connectivity index (χ2n) is 11.6. The predicted molar refractivity (Wildman–Crippen MR) is 177 cm³/mol. The molecule has 10 nitrogen and oxygen atoms in total. The van der Waals surface area contributed by atoms with Crippen molar-refractivity contribution < 1.29 is 50.2 Å². The van der Waals surface area contributed by atoms with Crippen LogP contribution < -0.4 is 29.2 Å². The Balaban J connectivity index is 0.00000500. The van der Waals surface area contributed by atoms with Crippen LogP contribution in [0.2, 0.25) is 0 Å². The van der Waals surface area contributed by atoms with Crippen LogP contribution >= 0.6 is 0 Å². The van der Waals surface area contributed by atoms with Crippen LogP contribution in [0, 0.1) is 0 Å². The Morgan fingerprint density at radius 1 is 0.617 bits per heavy atom. The van der Waals surface area contributed by atoms with Gasteiger partial charge in [-0.2, -0.15) is 0 Å². The fourth-order valence-corrected chi connectivity index (χ4v) is 5.72. The van der Waals surface area contributed by atoms with Crippen LogP contribution in [0.1, 0.15) is 49.7 Å². The van der Waals surface area contributed by atoms with Gasteiger partial charge in [-0.05, 0) is 87.3 Å². The van der Waals surface area contributed by atoms with Crippen LogP contribution in [0.5, 0.6) is 34.5 Å². The molecule has 2 aliphatic rings. The zero-order valence-corrected chi connectivity index (χ0v) is 29.5. The number of likely N-dealkylation sites (tertiary alicyclic amines) is 2. The molecule has 2 aliphatic heterocycles. The second kappa shape index (κ2) is 18.7. The second-order valence-corrected chi connectivity index (χ2v) is 11.6. The fourth-order valence-electron chi connectivity index (χ4n) is 5.72. The van der Waals surface area contributed by atoms with Gasteiger partial charge in [-0.1, -0.05) is 36.5 Å². The van der Waals surface area contributed by atoms with Gasteiger partial charge in [-0.3, -0.25) is 19.8 Å². The molecule has 2 heterocycles. The van der Waals surface area contributed by atoms with Crippen LogP contribution in [-0.4, -0.2) is 88.9 Å². The minimum atomic E-state index is -0.195. The van der Waals surface area contributed by atoms with Crippen LogP contribution in [0.25, 0.3) is 0 Å². The first-order chi connectivity index (χ1) is 22.5. The molecular formula is C36H44N4O6Pt. The number of hydrogen-bond donors (Lipinski definition) is 0. The quantitative estimate of drug-likeness (QED) is 0.207. The minimum absolute atomic E-state index is 0. The van der Waals surface area contributed by atoms with Crippen molar-refractivity contribution in [1.29, 1.82) is 0 Å². The molecule has 3 aromatic rings. The first kappa shape index (κ1) is 36.2. The van der Waals surface area contributed by atoms with E-state index in [-0.39, 0.29) is 32.6 Å². The van der Waals surface area contributed by atoms with Crippen molar-refractivity contribution in [1.82, 2.24) is 9.80 Å². The number of piperidine rings is 2. The van der Waals surface area contributed by atoms with Gasteiger partial charge in [0.2, 0.25) is 0 Å². The smallest absolute Gasteiger partial charge is 0.872 e. The van der Waals surface area contributed by atoms with Gasteiger partial charge >= 0.3 is 21.1 Å². The van der Waals surface area contributed by atoms with E-state index in [2.05, 4.69) is 19.8 Å².